The first kappa shape index (κ1) is 29.4. The first-order valence-corrected chi connectivity index (χ1v) is 14.4. The summed E-state index contributed by atoms with van der Waals surface area (Å²) < 4.78 is 17.3. The molecular weight excluding hydrogens is 472 g/mol. The number of benzene rings is 3. The minimum Gasteiger partial charge on any atom is -0.494 e. The summed E-state index contributed by atoms with van der Waals surface area (Å²) >= 11 is 0. The zero-order valence-electron chi connectivity index (χ0n) is 23.4. The summed E-state index contributed by atoms with van der Waals surface area (Å²) in [5, 5.41) is 0. The first-order chi connectivity index (χ1) is 18.6. The molecule has 0 spiro atoms. The van der Waals surface area contributed by atoms with Crippen molar-refractivity contribution in [2.24, 2.45) is 0 Å². The smallest absolute Gasteiger partial charge is 0.343 e. The molecule has 1 atom stereocenters. The molecule has 0 aliphatic carbocycles. The molecule has 0 aliphatic heterocycles. The van der Waals surface area contributed by atoms with Gasteiger partial charge in [-0.25, -0.2) is 4.79 Å². The van der Waals surface area contributed by atoms with Crippen molar-refractivity contribution in [3.63, 3.8) is 0 Å². The Hall–Kier alpha value is -3.11. The van der Waals surface area contributed by atoms with Crippen molar-refractivity contribution in [3.8, 4) is 22.6 Å². The molecule has 0 N–H and O–H groups in total. The minimum absolute atomic E-state index is 0.00411. The van der Waals surface area contributed by atoms with Crippen molar-refractivity contribution >= 4 is 5.97 Å². The second-order valence-electron chi connectivity index (χ2n) is 9.90. The highest BCUT2D eigenvalue weighted by Crippen LogP contribution is 2.25. The second-order valence-corrected chi connectivity index (χ2v) is 9.90. The number of carbonyl (C=O) groups excluding carboxylic acids is 1. The molecule has 3 aromatic carbocycles. The second kappa shape index (κ2) is 16.7. The van der Waals surface area contributed by atoms with E-state index < -0.39 is 0 Å². The number of carbonyl (C=O) groups is 1. The fourth-order valence-corrected chi connectivity index (χ4v) is 4.33. The Balaban J connectivity index is 1.41. The van der Waals surface area contributed by atoms with Crippen LogP contribution in [0, 0.1) is 0 Å². The van der Waals surface area contributed by atoms with E-state index in [2.05, 4.69) is 20.8 Å². The molecule has 204 valence electrons. The molecule has 38 heavy (non-hydrogen) atoms. The molecule has 3 aromatic rings. The van der Waals surface area contributed by atoms with Crippen LogP contribution >= 0.6 is 0 Å². The lowest BCUT2D eigenvalue weighted by Gasteiger charge is -2.14. The van der Waals surface area contributed by atoms with E-state index in [0.29, 0.717) is 17.9 Å². The monoisotopic (exact) mass is 516 g/mol. The summed E-state index contributed by atoms with van der Waals surface area (Å²) in [6.07, 6.45) is 11.3. The molecule has 4 nitrogen and oxygen atoms in total. The summed E-state index contributed by atoms with van der Waals surface area (Å²) in [7, 11) is 0. The van der Waals surface area contributed by atoms with Crippen molar-refractivity contribution in [1.82, 2.24) is 0 Å². The number of rotatable bonds is 17. The number of ether oxygens (including phenoxy) is 3. The van der Waals surface area contributed by atoms with Crippen LogP contribution in [-0.4, -0.2) is 19.2 Å². The molecule has 0 saturated heterocycles. The molecule has 0 heterocycles. The van der Waals surface area contributed by atoms with Crippen LogP contribution in [0.1, 0.15) is 101 Å². The zero-order valence-corrected chi connectivity index (χ0v) is 23.4. The molecule has 0 saturated carbocycles. The predicted octanol–water partition coefficient (Wildman–Crippen LogP) is 9.58. The van der Waals surface area contributed by atoms with Crippen molar-refractivity contribution in [2.45, 2.75) is 84.7 Å². The van der Waals surface area contributed by atoms with Gasteiger partial charge in [-0.2, -0.15) is 0 Å². The molecule has 0 aromatic heterocycles. The summed E-state index contributed by atoms with van der Waals surface area (Å²) in [6.45, 7) is 7.89. The summed E-state index contributed by atoms with van der Waals surface area (Å²) in [6, 6.07) is 23.1. The third-order valence-corrected chi connectivity index (χ3v) is 6.71. The van der Waals surface area contributed by atoms with Crippen LogP contribution in [0.5, 0.6) is 11.5 Å². The maximum atomic E-state index is 12.7. The van der Waals surface area contributed by atoms with E-state index in [1.54, 1.807) is 0 Å². The van der Waals surface area contributed by atoms with Gasteiger partial charge in [-0.15, -0.1) is 0 Å². The zero-order chi connectivity index (χ0) is 27.0. The van der Waals surface area contributed by atoms with Crippen LogP contribution in [0.25, 0.3) is 11.1 Å². The van der Waals surface area contributed by atoms with Gasteiger partial charge in [0.25, 0.3) is 0 Å². The van der Waals surface area contributed by atoms with Crippen molar-refractivity contribution in [2.75, 3.05) is 13.2 Å². The standard InChI is InChI=1S/C34H44O4/c1-4-6-7-8-9-10-11-12-26-36-27(3)28-13-15-31(16-14-28)34(35)38-33-23-19-30(20-24-33)29-17-21-32(22-18-29)37-25-5-2/h13-24,27H,4-12,25-26H2,1-3H3. The van der Waals surface area contributed by atoms with Gasteiger partial charge in [0.05, 0.1) is 18.3 Å². The lowest BCUT2D eigenvalue weighted by molar-refractivity contribution is 0.0626. The maximum absolute atomic E-state index is 12.7. The molecule has 3 rings (SSSR count). The largest absolute Gasteiger partial charge is 0.494 e. The topological polar surface area (TPSA) is 44.8 Å². The molecule has 0 radical (unpaired) electrons. The fourth-order valence-electron chi connectivity index (χ4n) is 4.33. The van der Waals surface area contributed by atoms with E-state index >= 15 is 0 Å². The van der Waals surface area contributed by atoms with Gasteiger partial charge < -0.3 is 14.2 Å². The highest BCUT2D eigenvalue weighted by Gasteiger charge is 2.11. The Labute approximate surface area is 229 Å². The third kappa shape index (κ3) is 9.98. The molecular formula is C34H44O4. The third-order valence-electron chi connectivity index (χ3n) is 6.71. The number of unbranched alkanes of at least 4 members (excludes halogenated alkanes) is 7. The molecule has 1 unspecified atom stereocenters. The van der Waals surface area contributed by atoms with Crippen molar-refractivity contribution in [3.05, 3.63) is 83.9 Å². The van der Waals surface area contributed by atoms with Crippen LogP contribution < -0.4 is 9.47 Å². The molecule has 0 bridgehead atoms. The number of esters is 1. The van der Waals surface area contributed by atoms with Gasteiger partial charge in [0.1, 0.15) is 11.5 Å². The Morgan fingerprint density at radius 2 is 1.18 bits per heavy atom. The normalized spacial score (nSPS) is 11.8. The summed E-state index contributed by atoms with van der Waals surface area (Å²) in [4.78, 5) is 12.7. The lowest BCUT2D eigenvalue weighted by atomic mass is 10.1. The van der Waals surface area contributed by atoms with Crippen molar-refractivity contribution in [1.29, 1.82) is 0 Å². The number of hydrogen-bond acceptors (Lipinski definition) is 4. The molecule has 0 amide bonds. The van der Waals surface area contributed by atoms with Gasteiger partial charge in [0, 0.05) is 6.61 Å². The Morgan fingerprint density at radius 3 is 1.76 bits per heavy atom. The molecule has 0 fully saturated rings. The Bertz CT molecular complexity index is 1060. The highest BCUT2D eigenvalue weighted by atomic mass is 16.5. The van der Waals surface area contributed by atoms with Gasteiger partial charge in [-0.05, 0) is 72.9 Å². The van der Waals surface area contributed by atoms with Gasteiger partial charge >= 0.3 is 5.97 Å². The van der Waals surface area contributed by atoms with E-state index in [9.17, 15) is 4.79 Å². The van der Waals surface area contributed by atoms with E-state index in [4.69, 9.17) is 14.2 Å². The van der Waals surface area contributed by atoms with Crippen LogP contribution in [0.2, 0.25) is 0 Å². The Morgan fingerprint density at radius 1 is 0.632 bits per heavy atom. The van der Waals surface area contributed by atoms with E-state index in [0.717, 1.165) is 41.9 Å². The van der Waals surface area contributed by atoms with E-state index in [1.165, 1.54) is 44.9 Å². The highest BCUT2D eigenvalue weighted by molar-refractivity contribution is 5.91. The summed E-state index contributed by atoms with van der Waals surface area (Å²) in [5.41, 5.74) is 3.73. The first-order valence-electron chi connectivity index (χ1n) is 14.4. The average molecular weight is 517 g/mol. The van der Waals surface area contributed by atoms with Crippen LogP contribution in [0.3, 0.4) is 0 Å². The molecule has 4 heteroatoms. The van der Waals surface area contributed by atoms with Crippen molar-refractivity contribution < 1.29 is 19.0 Å². The maximum Gasteiger partial charge on any atom is 0.343 e. The van der Waals surface area contributed by atoms with Gasteiger partial charge in [-0.1, -0.05) is 95.2 Å². The van der Waals surface area contributed by atoms with E-state index in [1.807, 2.05) is 72.8 Å². The summed E-state index contributed by atoms with van der Waals surface area (Å²) in [5.74, 6) is 1.03. The van der Waals surface area contributed by atoms with Crippen LogP contribution in [0.15, 0.2) is 72.8 Å². The van der Waals surface area contributed by atoms with E-state index in [-0.39, 0.29) is 12.1 Å². The van der Waals surface area contributed by atoms with Gasteiger partial charge in [0.2, 0.25) is 0 Å². The SMILES string of the molecule is CCCCCCCCCCOC(C)c1ccc(C(=O)Oc2ccc(-c3ccc(OCCC)cc3)cc2)cc1. The lowest BCUT2D eigenvalue weighted by Crippen LogP contribution is -2.09. The predicted molar refractivity (Wildman–Crippen MR) is 156 cm³/mol. The number of hydrogen-bond donors (Lipinski definition) is 0. The van der Waals surface area contributed by atoms with Gasteiger partial charge in [0.15, 0.2) is 0 Å². The minimum atomic E-state index is -0.366. The van der Waals surface area contributed by atoms with Crippen LogP contribution in [-0.2, 0) is 4.74 Å². The quantitative estimate of drug-likeness (QED) is 0.102. The van der Waals surface area contributed by atoms with Gasteiger partial charge in [-0.3, -0.25) is 0 Å². The average Bonchev–Trinajstić information content (AvgIpc) is 2.96. The fraction of sp³-hybridized carbons (Fsp3) is 0.441. The van der Waals surface area contributed by atoms with Crippen LogP contribution in [0.4, 0.5) is 0 Å². The Kier molecular flexibility index (Phi) is 12.9. The molecule has 0 aliphatic rings.